The van der Waals surface area contributed by atoms with Crippen molar-refractivity contribution in [2.24, 2.45) is 0 Å². The number of para-hydroxylation sites is 1. The minimum atomic E-state index is -0.252. The Morgan fingerprint density at radius 3 is 2.04 bits per heavy atom. The molecule has 1 aliphatic rings. The molecule has 2 heterocycles. The number of amides is 3. The van der Waals surface area contributed by atoms with E-state index in [1.807, 2.05) is 50.2 Å². The lowest BCUT2D eigenvalue weighted by Gasteiger charge is -2.30. The molecule has 4 aromatic carbocycles. The highest BCUT2D eigenvalue weighted by molar-refractivity contribution is 6.04. The first-order valence-corrected chi connectivity index (χ1v) is 16.3. The second-order valence-corrected chi connectivity index (χ2v) is 12.1. The van der Waals surface area contributed by atoms with Crippen LogP contribution in [0.15, 0.2) is 103 Å². The smallest absolute Gasteiger partial charge is 0.319 e. The lowest BCUT2D eigenvalue weighted by Crippen LogP contribution is -2.39. The predicted molar refractivity (Wildman–Crippen MR) is 188 cm³/mol. The molecule has 0 unspecified atom stereocenters. The Bertz CT molecular complexity index is 1810. The van der Waals surface area contributed by atoms with Crippen molar-refractivity contribution in [1.82, 2.24) is 19.9 Å². The lowest BCUT2D eigenvalue weighted by atomic mass is 10.1. The number of anilines is 2. The summed E-state index contributed by atoms with van der Waals surface area (Å²) in [6, 6.07) is 30.4. The molecule has 242 valence electrons. The third kappa shape index (κ3) is 7.82. The molecule has 3 amide bonds. The van der Waals surface area contributed by atoms with E-state index < -0.39 is 0 Å². The van der Waals surface area contributed by atoms with Gasteiger partial charge in [-0.05, 0) is 111 Å². The molecule has 9 nitrogen and oxygen atoms in total. The molecule has 1 saturated heterocycles. The highest BCUT2D eigenvalue weighted by Gasteiger charge is 2.20. The van der Waals surface area contributed by atoms with E-state index in [4.69, 9.17) is 4.74 Å². The summed E-state index contributed by atoms with van der Waals surface area (Å²) in [5.74, 6) is 1.08. The summed E-state index contributed by atoms with van der Waals surface area (Å²) in [5, 5.41) is 14.7. The normalized spacial score (nSPS) is 13.3. The molecule has 1 aromatic heterocycles. The SMILES string of the molecule is CCN(Cc1cn(-c2ccc(C(=O)Nc3ccc(Oc4ccc(NC(=O)NC(C)C)cc4)cc3)cc2)c2ccccc12)N1CCCC1. The molecule has 0 aliphatic carbocycles. The first-order chi connectivity index (χ1) is 22.9. The van der Waals surface area contributed by atoms with Gasteiger partial charge in [-0.15, -0.1) is 0 Å². The highest BCUT2D eigenvalue weighted by Crippen LogP contribution is 2.28. The predicted octanol–water partition coefficient (Wildman–Crippen LogP) is 8.04. The van der Waals surface area contributed by atoms with Crippen LogP contribution in [-0.2, 0) is 6.54 Å². The second-order valence-electron chi connectivity index (χ2n) is 12.1. The number of hydrogen-bond donors (Lipinski definition) is 3. The van der Waals surface area contributed by atoms with Crippen molar-refractivity contribution >= 4 is 34.2 Å². The Hall–Kier alpha value is -5.12. The van der Waals surface area contributed by atoms with Gasteiger partial charge in [0.25, 0.3) is 5.91 Å². The van der Waals surface area contributed by atoms with Crippen LogP contribution in [-0.4, -0.2) is 52.2 Å². The van der Waals surface area contributed by atoms with Gasteiger partial charge < -0.3 is 25.3 Å². The molecule has 9 heteroatoms. The summed E-state index contributed by atoms with van der Waals surface area (Å²) in [4.78, 5) is 25.0. The molecular formula is C38H42N6O3. The third-order valence-electron chi connectivity index (χ3n) is 8.28. The maximum absolute atomic E-state index is 13.1. The van der Waals surface area contributed by atoms with Gasteiger partial charge >= 0.3 is 6.03 Å². The first-order valence-electron chi connectivity index (χ1n) is 16.3. The fraction of sp³-hybridized carbons (Fsp3) is 0.263. The minimum Gasteiger partial charge on any atom is -0.457 e. The molecule has 0 radical (unpaired) electrons. The van der Waals surface area contributed by atoms with Crippen molar-refractivity contribution < 1.29 is 14.3 Å². The molecule has 0 bridgehead atoms. The number of hydrazine groups is 1. The number of aromatic nitrogens is 1. The average Bonchev–Trinajstić information content (AvgIpc) is 3.74. The largest absolute Gasteiger partial charge is 0.457 e. The van der Waals surface area contributed by atoms with Gasteiger partial charge in [-0.2, -0.15) is 0 Å². The van der Waals surface area contributed by atoms with Gasteiger partial charge in [0, 0.05) is 66.4 Å². The van der Waals surface area contributed by atoms with Crippen LogP contribution in [0.3, 0.4) is 0 Å². The zero-order chi connectivity index (χ0) is 32.8. The number of urea groups is 1. The van der Waals surface area contributed by atoms with Crippen molar-refractivity contribution in [3.05, 3.63) is 114 Å². The van der Waals surface area contributed by atoms with Crippen molar-refractivity contribution in [2.75, 3.05) is 30.3 Å². The van der Waals surface area contributed by atoms with Gasteiger partial charge in [0.15, 0.2) is 0 Å². The van der Waals surface area contributed by atoms with Crippen molar-refractivity contribution in [3.63, 3.8) is 0 Å². The van der Waals surface area contributed by atoms with Crippen LogP contribution >= 0.6 is 0 Å². The van der Waals surface area contributed by atoms with Crippen LogP contribution in [0.1, 0.15) is 49.5 Å². The molecule has 1 fully saturated rings. The maximum Gasteiger partial charge on any atom is 0.319 e. The Labute approximate surface area is 276 Å². The number of nitrogens with zero attached hydrogens (tertiary/aromatic N) is 3. The standard InChI is InChI=1S/C38H42N6O3/c1-4-42(43-23-7-8-24-43)25-29-26-44(36-10-6-5-9-35(29)36)32-17-11-28(12-18-32)37(45)40-30-13-19-33(20-14-30)47-34-21-15-31(16-22-34)41-38(46)39-27(2)3/h5-6,9-22,26-27H,4,7-8,23-25H2,1-3H3,(H,40,45)(H2,39,41,46). The highest BCUT2D eigenvalue weighted by atomic mass is 16.5. The number of carbonyl (C=O) groups is 2. The van der Waals surface area contributed by atoms with Crippen LogP contribution in [0.2, 0.25) is 0 Å². The number of carbonyl (C=O) groups excluding carboxylic acids is 2. The first kappa shape index (κ1) is 31.8. The molecule has 1 aliphatic heterocycles. The van der Waals surface area contributed by atoms with Gasteiger partial charge in [0.1, 0.15) is 11.5 Å². The van der Waals surface area contributed by atoms with E-state index in [1.54, 1.807) is 36.4 Å². The van der Waals surface area contributed by atoms with E-state index in [0.717, 1.165) is 37.4 Å². The summed E-state index contributed by atoms with van der Waals surface area (Å²) < 4.78 is 8.16. The third-order valence-corrected chi connectivity index (χ3v) is 8.28. The van der Waals surface area contributed by atoms with Crippen LogP contribution in [0.25, 0.3) is 16.6 Å². The molecule has 3 N–H and O–H groups in total. The summed E-state index contributed by atoms with van der Waals surface area (Å²) >= 11 is 0. The minimum absolute atomic E-state index is 0.0535. The number of fused-ring (bicyclic) bond motifs is 1. The number of hydrogen-bond acceptors (Lipinski definition) is 5. The second kappa shape index (κ2) is 14.5. The molecular weight excluding hydrogens is 588 g/mol. The summed E-state index contributed by atoms with van der Waals surface area (Å²) in [7, 11) is 0. The van der Waals surface area contributed by atoms with Crippen molar-refractivity contribution in [2.45, 2.75) is 46.2 Å². The summed E-state index contributed by atoms with van der Waals surface area (Å²) in [6.45, 7) is 10.1. The number of ether oxygens (including phenoxy) is 1. The Balaban J connectivity index is 1.08. The van der Waals surface area contributed by atoms with E-state index in [1.165, 1.54) is 23.8 Å². The Kier molecular flexibility index (Phi) is 9.85. The fourth-order valence-electron chi connectivity index (χ4n) is 5.94. The molecule has 0 saturated carbocycles. The molecule has 5 aromatic rings. The van der Waals surface area contributed by atoms with Crippen molar-refractivity contribution in [1.29, 1.82) is 0 Å². The average molecular weight is 631 g/mol. The van der Waals surface area contributed by atoms with Crippen LogP contribution in [0, 0.1) is 0 Å². The Morgan fingerprint density at radius 2 is 1.43 bits per heavy atom. The molecule has 0 atom stereocenters. The zero-order valence-electron chi connectivity index (χ0n) is 27.2. The van der Waals surface area contributed by atoms with Gasteiger partial charge in [0.05, 0.1) is 5.52 Å². The molecule has 6 rings (SSSR count). The van der Waals surface area contributed by atoms with Crippen molar-refractivity contribution in [3.8, 4) is 17.2 Å². The number of benzene rings is 4. The van der Waals surface area contributed by atoms with Crippen LogP contribution in [0.5, 0.6) is 11.5 Å². The molecule has 0 spiro atoms. The Morgan fingerprint density at radius 1 is 0.809 bits per heavy atom. The van der Waals surface area contributed by atoms with Crippen LogP contribution < -0.4 is 20.7 Å². The van der Waals surface area contributed by atoms with E-state index in [2.05, 4.69) is 67.9 Å². The number of nitrogens with one attached hydrogen (secondary N) is 3. The van der Waals surface area contributed by atoms with Gasteiger partial charge in [-0.3, -0.25) is 4.79 Å². The number of rotatable bonds is 11. The summed E-state index contributed by atoms with van der Waals surface area (Å²) in [5.41, 5.74) is 5.38. The van der Waals surface area contributed by atoms with E-state index in [9.17, 15) is 9.59 Å². The van der Waals surface area contributed by atoms with Crippen LogP contribution in [0.4, 0.5) is 16.2 Å². The zero-order valence-corrected chi connectivity index (χ0v) is 27.2. The van der Waals surface area contributed by atoms with E-state index >= 15 is 0 Å². The lowest BCUT2D eigenvalue weighted by molar-refractivity contribution is -0.00609. The van der Waals surface area contributed by atoms with Gasteiger partial charge in [-0.1, -0.05) is 25.1 Å². The van der Waals surface area contributed by atoms with E-state index in [0.29, 0.717) is 28.4 Å². The van der Waals surface area contributed by atoms with E-state index in [-0.39, 0.29) is 18.0 Å². The van der Waals surface area contributed by atoms with Gasteiger partial charge in [0.2, 0.25) is 0 Å². The topological polar surface area (TPSA) is 90.9 Å². The monoisotopic (exact) mass is 630 g/mol. The summed E-state index contributed by atoms with van der Waals surface area (Å²) in [6.07, 6.45) is 4.75. The molecule has 47 heavy (non-hydrogen) atoms. The van der Waals surface area contributed by atoms with Gasteiger partial charge in [-0.25, -0.2) is 14.8 Å². The fourth-order valence-corrected chi connectivity index (χ4v) is 5.94. The quantitative estimate of drug-likeness (QED) is 0.137. The maximum atomic E-state index is 13.1.